The Bertz CT molecular complexity index is 199. The third-order valence-electron chi connectivity index (χ3n) is 1.46. The van der Waals surface area contributed by atoms with Crippen molar-refractivity contribution >= 4 is 24.6 Å². The predicted molar refractivity (Wildman–Crippen MR) is 52.9 cm³/mol. The molecule has 0 aliphatic rings. The maximum atomic E-state index is 10.4. The summed E-state index contributed by atoms with van der Waals surface area (Å²) < 4.78 is 0. The molecule has 0 spiro atoms. The minimum Gasteiger partial charge on any atom is -0.480 e. The van der Waals surface area contributed by atoms with Gasteiger partial charge >= 0.3 is 5.97 Å². The van der Waals surface area contributed by atoms with Gasteiger partial charge in [-0.2, -0.15) is 12.6 Å². The lowest BCUT2D eigenvalue weighted by Gasteiger charge is -2.14. The molecule has 0 fully saturated rings. The summed E-state index contributed by atoms with van der Waals surface area (Å²) in [7, 11) is 0. The van der Waals surface area contributed by atoms with E-state index in [2.05, 4.69) is 17.9 Å². The molecular weight excluding hydrogens is 192 g/mol. The number of nitrogens with one attached hydrogen (secondary N) is 2. The minimum absolute atomic E-state index is 0.149. The van der Waals surface area contributed by atoms with E-state index in [0.717, 1.165) is 0 Å². The first-order chi connectivity index (χ1) is 5.95. The number of thiol groups is 1. The normalized spacial score (nSPS) is 14.6. The lowest BCUT2D eigenvalue weighted by Crippen LogP contribution is -2.41. The summed E-state index contributed by atoms with van der Waals surface area (Å²) in [5.74, 6) is -1.23. The zero-order chi connectivity index (χ0) is 10.4. The molecule has 0 radical (unpaired) electrons. The Kier molecular flexibility index (Phi) is 5.24. The van der Waals surface area contributed by atoms with Crippen molar-refractivity contribution in [3.63, 3.8) is 0 Å². The van der Waals surface area contributed by atoms with Gasteiger partial charge in [-0.15, -0.1) is 0 Å². The van der Waals surface area contributed by atoms with Crippen LogP contribution in [0.2, 0.25) is 0 Å². The molecule has 0 heterocycles. The maximum absolute atomic E-state index is 10.4. The van der Waals surface area contributed by atoms with E-state index in [1.54, 1.807) is 0 Å². The molecule has 2 atom stereocenters. The van der Waals surface area contributed by atoms with Crippen LogP contribution >= 0.6 is 12.6 Å². The zero-order valence-corrected chi connectivity index (χ0v) is 7.92. The van der Waals surface area contributed by atoms with Gasteiger partial charge in [0.2, 0.25) is 0 Å². The summed E-state index contributed by atoms with van der Waals surface area (Å²) in [5.41, 5.74) is 10.3. The average Bonchev–Trinajstić information content (AvgIpc) is 2.02. The van der Waals surface area contributed by atoms with E-state index < -0.39 is 17.3 Å². The van der Waals surface area contributed by atoms with Crippen LogP contribution in [-0.2, 0) is 4.79 Å². The van der Waals surface area contributed by atoms with Crippen molar-refractivity contribution in [2.45, 2.75) is 17.7 Å². The van der Waals surface area contributed by atoms with Gasteiger partial charge < -0.3 is 21.9 Å². The molecule has 0 aromatic heterocycles. The third-order valence-corrected chi connectivity index (χ3v) is 2.03. The molecule has 2 unspecified atom stereocenters. The van der Waals surface area contributed by atoms with Crippen molar-refractivity contribution in [3.8, 4) is 0 Å². The molecular formula is C6H14N4O2S. The fourth-order valence-electron chi connectivity index (χ4n) is 0.699. The Morgan fingerprint density at radius 2 is 2.23 bits per heavy atom. The summed E-state index contributed by atoms with van der Waals surface area (Å²) in [6.45, 7) is 0.393. The topological polar surface area (TPSA) is 125 Å². The summed E-state index contributed by atoms with van der Waals surface area (Å²) in [6.07, 6.45) is 0.441. The summed E-state index contributed by atoms with van der Waals surface area (Å²) in [5, 5.41) is 17.4. The number of guanidine groups is 1. The lowest BCUT2D eigenvalue weighted by atomic mass is 10.1. The fraction of sp³-hybridized carbons (Fsp3) is 0.667. The number of carbonyl (C=O) groups is 1. The van der Waals surface area contributed by atoms with E-state index in [-0.39, 0.29) is 5.96 Å². The highest BCUT2D eigenvalue weighted by Crippen LogP contribution is 2.04. The number of carboxylic acids is 1. The van der Waals surface area contributed by atoms with E-state index in [9.17, 15) is 4.79 Å². The predicted octanol–water partition coefficient (Wildman–Crippen LogP) is -1.43. The van der Waals surface area contributed by atoms with Crippen molar-refractivity contribution in [1.82, 2.24) is 5.32 Å². The Morgan fingerprint density at radius 1 is 1.69 bits per heavy atom. The highest BCUT2D eigenvalue weighted by molar-refractivity contribution is 7.81. The number of aliphatic carboxylic acids is 1. The molecule has 0 saturated carbocycles. The fourth-order valence-corrected chi connectivity index (χ4v) is 0.955. The van der Waals surface area contributed by atoms with Crippen LogP contribution in [0.25, 0.3) is 0 Å². The number of nitrogens with two attached hydrogens (primary N) is 2. The van der Waals surface area contributed by atoms with Gasteiger partial charge in [0.05, 0.1) is 0 Å². The van der Waals surface area contributed by atoms with E-state index in [0.29, 0.717) is 13.0 Å². The molecule has 0 aliphatic carbocycles. The van der Waals surface area contributed by atoms with E-state index in [1.807, 2.05) is 0 Å². The molecule has 7 N–H and O–H groups in total. The van der Waals surface area contributed by atoms with E-state index >= 15 is 0 Å². The number of rotatable bonds is 5. The molecule has 76 valence electrons. The van der Waals surface area contributed by atoms with Crippen molar-refractivity contribution in [3.05, 3.63) is 0 Å². The molecule has 0 rings (SSSR count). The van der Waals surface area contributed by atoms with Crippen LogP contribution in [0.4, 0.5) is 0 Å². The molecule has 0 amide bonds. The SMILES string of the molecule is N=C(N)NCCC(S)C(N)C(=O)O. The molecule has 13 heavy (non-hydrogen) atoms. The van der Waals surface area contributed by atoms with Crippen molar-refractivity contribution < 1.29 is 9.90 Å². The van der Waals surface area contributed by atoms with Crippen LogP contribution in [0.3, 0.4) is 0 Å². The zero-order valence-electron chi connectivity index (χ0n) is 7.03. The second kappa shape index (κ2) is 5.65. The smallest absolute Gasteiger partial charge is 0.321 e. The van der Waals surface area contributed by atoms with Gasteiger partial charge in [0.25, 0.3) is 0 Å². The molecule has 0 aromatic carbocycles. The number of hydrogen-bond donors (Lipinski definition) is 6. The Labute approximate surface area is 81.6 Å². The molecule has 7 heteroatoms. The van der Waals surface area contributed by atoms with Crippen LogP contribution in [-0.4, -0.2) is 34.9 Å². The van der Waals surface area contributed by atoms with Gasteiger partial charge in [-0.1, -0.05) is 0 Å². The lowest BCUT2D eigenvalue weighted by molar-refractivity contribution is -0.138. The minimum atomic E-state index is -1.08. The monoisotopic (exact) mass is 206 g/mol. The molecule has 0 aromatic rings. The number of hydrogen-bond acceptors (Lipinski definition) is 4. The standard InChI is InChI=1S/C6H14N4O2S/c7-4(5(11)12)3(13)1-2-10-6(8)9/h3-4,13H,1-2,7H2,(H,11,12)(H4,8,9,10). The Morgan fingerprint density at radius 3 is 2.62 bits per heavy atom. The summed E-state index contributed by atoms with van der Waals surface area (Å²) in [4.78, 5) is 10.4. The van der Waals surface area contributed by atoms with Gasteiger partial charge in [-0.3, -0.25) is 10.2 Å². The highest BCUT2D eigenvalue weighted by atomic mass is 32.1. The van der Waals surface area contributed by atoms with Crippen LogP contribution < -0.4 is 16.8 Å². The first kappa shape index (κ1) is 12.0. The molecule has 6 nitrogen and oxygen atoms in total. The van der Waals surface area contributed by atoms with Gasteiger partial charge in [0.15, 0.2) is 5.96 Å². The summed E-state index contributed by atoms with van der Waals surface area (Å²) in [6, 6.07) is -0.989. The second-order valence-corrected chi connectivity index (χ2v) is 3.22. The largest absolute Gasteiger partial charge is 0.480 e. The van der Waals surface area contributed by atoms with Gasteiger partial charge in [-0.25, -0.2) is 0 Å². The quantitative estimate of drug-likeness (QED) is 0.187. The van der Waals surface area contributed by atoms with Crippen molar-refractivity contribution in [2.24, 2.45) is 11.5 Å². The van der Waals surface area contributed by atoms with Gasteiger partial charge in [0.1, 0.15) is 6.04 Å². The van der Waals surface area contributed by atoms with Crippen molar-refractivity contribution in [1.29, 1.82) is 5.41 Å². The van der Waals surface area contributed by atoms with E-state index in [1.165, 1.54) is 0 Å². The second-order valence-electron chi connectivity index (χ2n) is 2.56. The Hall–Kier alpha value is -0.950. The molecule has 0 saturated heterocycles. The molecule has 0 bridgehead atoms. The highest BCUT2D eigenvalue weighted by Gasteiger charge is 2.19. The number of carboxylic acid groups (broad SMARTS) is 1. The van der Waals surface area contributed by atoms with Crippen molar-refractivity contribution in [2.75, 3.05) is 6.54 Å². The van der Waals surface area contributed by atoms with Crippen LogP contribution in [0.5, 0.6) is 0 Å². The van der Waals surface area contributed by atoms with Crippen LogP contribution in [0.15, 0.2) is 0 Å². The maximum Gasteiger partial charge on any atom is 0.321 e. The molecule has 0 aliphatic heterocycles. The van der Waals surface area contributed by atoms with Crippen LogP contribution in [0.1, 0.15) is 6.42 Å². The van der Waals surface area contributed by atoms with E-state index in [4.69, 9.17) is 22.0 Å². The average molecular weight is 206 g/mol. The van der Waals surface area contributed by atoms with Crippen LogP contribution in [0, 0.1) is 5.41 Å². The third kappa shape index (κ3) is 5.31. The van der Waals surface area contributed by atoms with Gasteiger partial charge in [0, 0.05) is 11.8 Å². The summed E-state index contributed by atoms with van der Waals surface area (Å²) >= 11 is 4.01. The first-order valence-electron chi connectivity index (χ1n) is 3.69. The Balaban J connectivity index is 3.67. The van der Waals surface area contributed by atoms with Gasteiger partial charge in [-0.05, 0) is 6.42 Å². The first-order valence-corrected chi connectivity index (χ1v) is 4.21.